The number of carbonyl (C=O) groups is 2. The highest BCUT2D eigenvalue weighted by atomic mass is 31.2. The monoisotopic (exact) mass is 950 g/mol. The molecule has 64 heavy (non-hydrogen) atoms. The van der Waals surface area contributed by atoms with E-state index in [4.69, 9.17) is 23.8 Å². The lowest BCUT2D eigenvalue weighted by molar-refractivity contribution is -0.161. The second kappa shape index (κ2) is 36.8. The van der Waals surface area contributed by atoms with E-state index in [-0.39, 0.29) is 31.1 Å². The first-order valence-corrected chi connectivity index (χ1v) is 26.3. The van der Waals surface area contributed by atoms with Gasteiger partial charge in [-0.1, -0.05) is 126 Å². The van der Waals surface area contributed by atoms with Crippen molar-refractivity contribution in [2.45, 2.75) is 179 Å². The number of hydrogen-bond donors (Lipinski definition) is 7. The van der Waals surface area contributed by atoms with Crippen molar-refractivity contribution in [3.05, 3.63) is 60.8 Å². The molecule has 1 unspecified atom stereocenters. The van der Waals surface area contributed by atoms with Gasteiger partial charge in [-0.15, -0.1) is 0 Å². The molecule has 0 heterocycles. The summed E-state index contributed by atoms with van der Waals surface area (Å²) in [4.78, 5) is 53.0. The number of rotatable bonds is 39. The largest absolute Gasteiger partial charge is 0.472 e. The van der Waals surface area contributed by atoms with Gasteiger partial charge in [0.15, 0.2) is 6.10 Å². The zero-order valence-corrected chi connectivity index (χ0v) is 40.0. The average molecular weight is 951 g/mol. The van der Waals surface area contributed by atoms with Crippen LogP contribution in [0.25, 0.3) is 0 Å². The molecule has 8 atom stereocenters. The lowest BCUT2D eigenvalue weighted by Gasteiger charge is -2.20. The van der Waals surface area contributed by atoms with Crippen LogP contribution in [-0.2, 0) is 41.8 Å². The molecule has 1 rings (SSSR count). The number of hydrogen-bond acceptors (Lipinski definition) is 13. The molecule has 18 heteroatoms. The van der Waals surface area contributed by atoms with Gasteiger partial charge in [0, 0.05) is 25.2 Å². The van der Waals surface area contributed by atoms with Gasteiger partial charge in [-0.05, 0) is 70.1 Å². The Morgan fingerprint density at radius 1 is 0.641 bits per heavy atom. The molecule has 7 N–H and O–H groups in total. The van der Waals surface area contributed by atoms with Crippen LogP contribution in [0.15, 0.2) is 60.8 Å². The minimum absolute atomic E-state index is 0.0582. The smallest absolute Gasteiger partial charge is 0.462 e. The standard InChI is InChI=1S/C46H80O16P2/c1-3-5-7-8-9-10-11-12-13-14-15-16-17-18-19-20-25-29-45(51)58-36-40(37-61-64(56,57)60-35-39(48)34-59-63(53,54)55)62-46(52)30-26-22-21-24-28-41-42(44(50)33-43(41)49)32-31-38(47)27-23-6-4-2/h12-13,15-16,18-19,21,24,31-32,38-44,47-50H,3-11,14,17,20,22-23,25-30,33-37H2,1-2H3,(H,56,57)(H2,53,54,55)/b13-12-,16-15-,19-18-,24-21+,32-31+/t38-,39-,40+,41+,42+,43-,44+/m0/s1. The number of unbranched alkanes of at least 4 members (excludes halogenated alkanes) is 10. The number of aliphatic hydroxyl groups excluding tert-OH is 4. The maximum atomic E-state index is 12.8. The van der Waals surface area contributed by atoms with Gasteiger partial charge in [-0.25, -0.2) is 9.13 Å². The molecule has 1 aliphatic rings. The predicted molar refractivity (Wildman–Crippen MR) is 246 cm³/mol. The number of aliphatic hydroxyl groups is 4. The quantitative estimate of drug-likeness (QED) is 0.0132. The molecule has 1 aliphatic carbocycles. The third-order valence-electron chi connectivity index (χ3n) is 10.4. The van der Waals surface area contributed by atoms with Crippen LogP contribution in [-0.4, -0.2) is 104 Å². The van der Waals surface area contributed by atoms with Crippen molar-refractivity contribution in [2.75, 3.05) is 26.4 Å². The maximum absolute atomic E-state index is 12.8. The Hall–Kier alpha value is -2.30. The zero-order valence-electron chi connectivity index (χ0n) is 38.2. The van der Waals surface area contributed by atoms with Crippen molar-refractivity contribution in [2.24, 2.45) is 11.8 Å². The minimum Gasteiger partial charge on any atom is -0.462 e. The van der Waals surface area contributed by atoms with Crippen LogP contribution >= 0.6 is 15.6 Å². The molecule has 0 aromatic carbocycles. The van der Waals surface area contributed by atoms with Gasteiger partial charge in [0.2, 0.25) is 0 Å². The highest BCUT2D eigenvalue weighted by Crippen LogP contribution is 2.44. The molecule has 16 nitrogen and oxygen atoms in total. The van der Waals surface area contributed by atoms with Crippen molar-refractivity contribution in [3.63, 3.8) is 0 Å². The van der Waals surface area contributed by atoms with Gasteiger partial charge in [-0.2, -0.15) is 0 Å². The first-order chi connectivity index (χ1) is 30.6. The van der Waals surface area contributed by atoms with Crippen LogP contribution in [0.4, 0.5) is 0 Å². The molecule has 0 aromatic rings. The fourth-order valence-corrected chi connectivity index (χ4v) is 7.98. The molecule has 1 saturated carbocycles. The number of phosphoric acid groups is 2. The molecule has 1 fully saturated rings. The lowest BCUT2D eigenvalue weighted by atomic mass is 9.89. The predicted octanol–water partition coefficient (Wildman–Crippen LogP) is 8.39. The number of phosphoric ester groups is 2. The Morgan fingerprint density at radius 3 is 1.84 bits per heavy atom. The molecule has 0 aliphatic heterocycles. The van der Waals surface area contributed by atoms with E-state index in [1.165, 1.54) is 38.5 Å². The summed E-state index contributed by atoms with van der Waals surface area (Å²) in [5.41, 5.74) is 0. The highest BCUT2D eigenvalue weighted by Gasteiger charge is 2.39. The summed E-state index contributed by atoms with van der Waals surface area (Å²) >= 11 is 0. The van der Waals surface area contributed by atoms with Crippen LogP contribution in [0, 0.1) is 11.8 Å². The Morgan fingerprint density at radius 2 is 1.19 bits per heavy atom. The molecule has 0 bridgehead atoms. The zero-order chi connectivity index (χ0) is 47.5. The third-order valence-corrected chi connectivity index (χ3v) is 11.9. The number of allylic oxidation sites excluding steroid dienone is 8. The first-order valence-electron chi connectivity index (χ1n) is 23.2. The van der Waals surface area contributed by atoms with Crippen LogP contribution in [0.1, 0.15) is 149 Å². The molecule has 0 saturated heterocycles. The van der Waals surface area contributed by atoms with Crippen LogP contribution in [0.5, 0.6) is 0 Å². The SMILES string of the molecule is CCCCCCCC/C=C\C/C=C\C/C=C\CCCC(=O)OC[C@H](COP(=O)(O)OC[C@@H](O)COP(=O)(O)O)OC(=O)CCC/C=C/C[C@@H]1[C@@H](/C=C/[C@@H](O)CCCCC)[C@H](O)C[C@@H]1O. The van der Waals surface area contributed by atoms with Crippen molar-refractivity contribution < 1.29 is 76.9 Å². The summed E-state index contributed by atoms with van der Waals surface area (Å²) in [6.45, 7) is 1.31. The average Bonchev–Trinajstić information content (AvgIpc) is 3.51. The van der Waals surface area contributed by atoms with Crippen molar-refractivity contribution in [1.82, 2.24) is 0 Å². The van der Waals surface area contributed by atoms with Crippen molar-refractivity contribution in [3.8, 4) is 0 Å². The summed E-state index contributed by atoms with van der Waals surface area (Å²) in [6.07, 6.45) is 31.7. The summed E-state index contributed by atoms with van der Waals surface area (Å²) in [6, 6.07) is 0. The summed E-state index contributed by atoms with van der Waals surface area (Å²) in [5, 5.41) is 41.1. The molecular formula is C46H80O16P2. The molecule has 0 radical (unpaired) electrons. The fourth-order valence-electron chi connectivity index (χ4n) is 6.83. The number of ether oxygens (including phenoxy) is 2. The van der Waals surface area contributed by atoms with Gasteiger partial charge in [0.25, 0.3) is 0 Å². The molecule has 0 spiro atoms. The Kier molecular flexibility index (Phi) is 34.3. The summed E-state index contributed by atoms with van der Waals surface area (Å²) < 4.78 is 47.8. The van der Waals surface area contributed by atoms with Gasteiger partial charge in [0.1, 0.15) is 12.7 Å². The molecular weight excluding hydrogens is 870 g/mol. The van der Waals surface area contributed by atoms with E-state index in [1.54, 1.807) is 12.2 Å². The second-order valence-corrected chi connectivity index (χ2v) is 19.0. The van der Waals surface area contributed by atoms with E-state index in [0.717, 1.165) is 38.5 Å². The molecule has 370 valence electrons. The Labute approximate surface area is 381 Å². The number of esters is 2. The van der Waals surface area contributed by atoms with Crippen molar-refractivity contribution >= 4 is 27.6 Å². The second-order valence-electron chi connectivity index (χ2n) is 16.3. The summed E-state index contributed by atoms with van der Waals surface area (Å²) in [5.74, 6) is -1.81. The topological polar surface area (TPSA) is 256 Å². The minimum atomic E-state index is -4.90. The van der Waals surface area contributed by atoms with Gasteiger partial charge >= 0.3 is 27.6 Å². The number of carbonyl (C=O) groups excluding carboxylic acids is 2. The van der Waals surface area contributed by atoms with E-state index in [1.807, 2.05) is 24.3 Å². The van der Waals surface area contributed by atoms with E-state index in [2.05, 4.69) is 47.2 Å². The van der Waals surface area contributed by atoms with Crippen LogP contribution < -0.4 is 0 Å². The third kappa shape index (κ3) is 33.2. The molecule has 0 aromatic heterocycles. The molecule has 0 amide bonds. The van der Waals surface area contributed by atoms with Crippen LogP contribution in [0.2, 0.25) is 0 Å². The first kappa shape index (κ1) is 59.7. The van der Waals surface area contributed by atoms with E-state index < -0.39 is 84.5 Å². The van der Waals surface area contributed by atoms with Crippen molar-refractivity contribution in [1.29, 1.82) is 0 Å². The summed E-state index contributed by atoms with van der Waals surface area (Å²) in [7, 11) is -9.80. The van der Waals surface area contributed by atoms with Gasteiger partial charge in [0.05, 0.1) is 38.1 Å². The normalized spacial score (nSPS) is 20.8. The Balaban J connectivity index is 2.60. The fraction of sp³-hybridized carbons (Fsp3) is 0.739. The maximum Gasteiger partial charge on any atom is 0.472 e. The Bertz CT molecular complexity index is 1480. The van der Waals surface area contributed by atoms with Gasteiger partial charge in [-0.3, -0.25) is 23.2 Å². The van der Waals surface area contributed by atoms with E-state index in [0.29, 0.717) is 38.5 Å². The lowest BCUT2D eigenvalue weighted by Crippen LogP contribution is -2.29. The van der Waals surface area contributed by atoms with Crippen LogP contribution in [0.3, 0.4) is 0 Å². The highest BCUT2D eigenvalue weighted by molar-refractivity contribution is 7.47. The van der Waals surface area contributed by atoms with E-state index >= 15 is 0 Å². The van der Waals surface area contributed by atoms with Gasteiger partial charge < -0.3 is 44.6 Å². The van der Waals surface area contributed by atoms with E-state index in [9.17, 15) is 44.0 Å².